The van der Waals surface area contributed by atoms with Crippen LogP contribution in [-0.4, -0.2) is 59.0 Å². The van der Waals surface area contributed by atoms with Crippen LogP contribution in [0.15, 0.2) is 41.3 Å². The minimum absolute atomic E-state index is 0.113. The standard InChI is InChI=1S/C24H34N4O3S/c1-5-6-13-27(4)24(29)20-9-10-22(28-14-11-25-12-15-28)21(17-20)26-32(30,31)23-16-18(2)7-8-19(23)3/h7-10,16-17,25-26H,5-6,11-15H2,1-4H3. The van der Waals surface area contributed by atoms with Gasteiger partial charge in [-0.3, -0.25) is 9.52 Å². The smallest absolute Gasteiger partial charge is 0.262 e. The minimum atomic E-state index is -3.82. The van der Waals surface area contributed by atoms with Gasteiger partial charge in [0.05, 0.1) is 16.3 Å². The van der Waals surface area contributed by atoms with Crippen LogP contribution in [0.2, 0.25) is 0 Å². The zero-order valence-electron chi connectivity index (χ0n) is 19.4. The van der Waals surface area contributed by atoms with E-state index in [-0.39, 0.29) is 10.8 Å². The van der Waals surface area contributed by atoms with Gasteiger partial charge in [-0.2, -0.15) is 0 Å². The molecular weight excluding hydrogens is 424 g/mol. The van der Waals surface area contributed by atoms with Gasteiger partial charge in [0, 0.05) is 45.3 Å². The molecule has 0 radical (unpaired) electrons. The molecule has 1 aliphatic heterocycles. The Morgan fingerprint density at radius 1 is 1.12 bits per heavy atom. The van der Waals surface area contributed by atoms with Crippen LogP contribution in [0.3, 0.4) is 0 Å². The normalized spacial score (nSPS) is 14.3. The van der Waals surface area contributed by atoms with E-state index in [4.69, 9.17) is 0 Å². The maximum absolute atomic E-state index is 13.3. The van der Waals surface area contributed by atoms with E-state index in [0.29, 0.717) is 23.4 Å². The van der Waals surface area contributed by atoms with Crippen molar-refractivity contribution in [3.05, 3.63) is 53.1 Å². The molecule has 1 amide bonds. The van der Waals surface area contributed by atoms with Crippen molar-refractivity contribution in [3.8, 4) is 0 Å². The SMILES string of the molecule is CCCCN(C)C(=O)c1ccc(N2CCNCC2)c(NS(=O)(=O)c2cc(C)ccc2C)c1. The number of unbranched alkanes of at least 4 members (excludes halogenated alkanes) is 1. The van der Waals surface area contributed by atoms with Crippen LogP contribution in [-0.2, 0) is 10.0 Å². The number of piperazine rings is 1. The molecule has 8 heteroatoms. The molecule has 1 aliphatic rings. The van der Waals surface area contributed by atoms with Gasteiger partial charge in [0.25, 0.3) is 15.9 Å². The highest BCUT2D eigenvalue weighted by molar-refractivity contribution is 7.92. The van der Waals surface area contributed by atoms with Gasteiger partial charge < -0.3 is 15.1 Å². The Balaban J connectivity index is 2.00. The average molecular weight is 459 g/mol. The van der Waals surface area contributed by atoms with Crippen molar-refractivity contribution in [1.29, 1.82) is 0 Å². The van der Waals surface area contributed by atoms with Crippen molar-refractivity contribution < 1.29 is 13.2 Å². The van der Waals surface area contributed by atoms with Gasteiger partial charge in [0.1, 0.15) is 0 Å². The number of nitrogens with one attached hydrogen (secondary N) is 2. The molecule has 1 saturated heterocycles. The fraction of sp³-hybridized carbons (Fsp3) is 0.458. The van der Waals surface area contributed by atoms with E-state index in [1.165, 1.54) is 0 Å². The van der Waals surface area contributed by atoms with Crippen LogP contribution in [0.5, 0.6) is 0 Å². The summed E-state index contributed by atoms with van der Waals surface area (Å²) in [4.78, 5) is 17.0. The van der Waals surface area contributed by atoms with Crippen LogP contribution >= 0.6 is 0 Å². The molecule has 2 aromatic carbocycles. The first-order valence-electron chi connectivity index (χ1n) is 11.2. The van der Waals surface area contributed by atoms with Gasteiger partial charge in [-0.05, 0) is 55.7 Å². The maximum atomic E-state index is 13.3. The van der Waals surface area contributed by atoms with E-state index in [9.17, 15) is 13.2 Å². The molecule has 0 atom stereocenters. The monoisotopic (exact) mass is 458 g/mol. The summed E-state index contributed by atoms with van der Waals surface area (Å²) < 4.78 is 29.4. The molecule has 0 spiro atoms. The van der Waals surface area contributed by atoms with E-state index in [2.05, 4.69) is 21.9 Å². The first-order chi connectivity index (χ1) is 15.2. The quantitative estimate of drug-likeness (QED) is 0.634. The molecule has 2 aromatic rings. The zero-order valence-corrected chi connectivity index (χ0v) is 20.3. The number of sulfonamides is 1. The first-order valence-corrected chi connectivity index (χ1v) is 12.7. The van der Waals surface area contributed by atoms with E-state index in [0.717, 1.165) is 50.3 Å². The second-order valence-electron chi connectivity index (χ2n) is 8.42. The number of carbonyl (C=O) groups excluding carboxylic acids is 1. The lowest BCUT2D eigenvalue weighted by Crippen LogP contribution is -2.43. The number of amides is 1. The third kappa shape index (κ3) is 5.61. The molecule has 174 valence electrons. The van der Waals surface area contributed by atoms with Gasteiger partial charge in [0.2, 0.25) is 0 Å². The fourth-order valence-corrected chi connectivity index (χ4v) is 5.24. The molecule has 3 rings (SSSR count). The van der Waals surface area contributed by atoms with Gasteiger partial charge in [-0.25, -0.2) is 8.42 Å². The molecule has 0 aliphatic carbocycles. The third-order valence-corrected chi connectivity index (χ3v) is 7.28. The summed E-state index contributed by atoms with van der Waals surface area (Å²) >= 11 is 0. The molecule has 0 bridgehead atoms. The largest absolute Gasteiger partial charge is 0.367 e. The second kappa shape index (κ2) is 10.4. The number of anilines is 2. The molecular formula is C24H34N4O3S. The molecule has 1 heterocycles. The summed E-state index contributed by atoms with van der Waals surface area (Å²) in [5.41, 5.74) is 3.25. The number of benzene rings is 2. The number of nitrogens with zero attached hydrogens (tertiary/aromatic N) is 2. The summed E-state index contributed by atoms with van der Waals surface area (Å²) in [6.07, 6.45) is 1.92. The summed E-state index contributed by atoms with van der Waals surface area (Å²) in [5.74, 6) is -0.113. The lowest BCUT2D eigenvalue weighted by atomic mass is 10.1. The highest BCUT2D eigenvalue weighted by atomic mass is 32.2. The number of rotatable bonds is 8. The fourth-order valence-electron chi connectivity index (χ4n) is 3.85. The molecule has 0 unspecified atom stereocenters. The summed E-state index contributed by atoms with van der Waals surface area (Å²) in [6.45, 7) is 9.58. The van der Waals surface area contributed by atoms with E-state index >= 15 is 0 Å². The molecule has 7 nitrogen and oxygen atoms in total. The average Bonchev–Trinajstić information content (AvgIpc) is 2.78. The van der Waals surface area contributed by atoms with Crippen LogP contribution in [0.1, 0.15) is 41.3 Å². The van der Waals surface area contributed by atoms with Crippen molar-refractivity contribution in [2.45, 2.75) is 38.5 Å². The number of hydrogen-bond acceptors (Lipinski definition) is 5. The second-order valence-corrected chi connectivity index (χ2v) is 10.1. The molecule has 2 N–H and O–H groups in total. The van der Waals surface area contributed by atoms with Crippen LogP contribution in [0.4, 0.5) is 11.4 Å². The van der Waals surface area contributed by atoms with Crippen molar-refractivity contribution >= 4 is 27.3 Å². The van der Waals surface area contributed by atoms with Crippen molar-refractivity contribution in [2.75, 3.05) is 49.4 Å². The summed E-state index contributed by atoms with van der Waals surface area (Å²) in [5, 5.41) is 3.31. The van der Waals surface area contributed by atoms with Crippen LogP contribution < -0.4 is 14.9 Å². The molecule has 0 aromatic heterocycles. The number of aryl methyl sites for hydroxylation is 2. The van der Waals surface area contributed by atoms with Crippen LogP contribution in [0.25, 0.3) is 0 Å². The predicted molar refractivity (Wildman–Crippen MR) is 130 cm³/mol. The lowest BCUT2D eigenvalue weighted by Gasteiger charge is -2.31. The zero-order chi connectivity index (χ0) is 23.3. The molecule has 1 fully saturated rings. The van der Waals surface area contributed by atoms with Gasteiger partial charge in [-0.1, -0.05) is 25.5 Å². The van der Waals surface area contributed by atoms with Gasteiger partial charge in [-0.15, -0.1) is 0 Å². The highest BCUT2D eigenvalue weighted by Gasteiger charge is 2.23. The van der Waals surface area contributed by atoms with Crippen molar-refractivity contribution in [1.82, 2.24) is 10.2 Å². The predicted octanol–water partition coefficient (Wildman–Crippen LogP) is 3.39. The summed E-state index contributed by atoms with van der Waals surface area (Å²) in [6, 6.07) is 10.7. The van der Waals surface area contributed by atoms with Gasteiger partial charge >= 0.3 is 0 Å². The van der Waals surface area contributed by atoms with Crippen molar-refractivity contribution in [2.24, 2.45) is 0 Å². The van der Waals surface area contributed by atoms with Gasteiger partial charge in [0.15, 0.2) is 0 Å². The highest BCUT2D eigenvalue weighted by Crippen LogP contribution is 2.31. The Kier molecular flexibility index (Phi) is 7.79. The van der Waals surface area contributed by atoms with E-state index < -0.39 is 10.0 Å². The van der Waals surface area contributed by atoms with E-state index in [1.807, 2.05) is 25.1 Å². The molecule has 0 saturated carbocycles. The van der Waals surface area contributed by atoms with E-state index in [1.54, 1.807) is 37.1 Å². The Labute approximate surface area is 191 Å². The molecule has 32 heavy (non-hydrogen) atoms. The lowest BCUT2D eigenvalue weighted by molar-refractivity contribution is 0.0793. The maximum Gasteiger partial charge on any atom is 0.262 e. The Hall–Kier alpha value is -2.58. The first kappa shape index (κ1) is 24.1. The Morgan fingerprint density at radius 3 is 2.53 bits per heavy atom. The minimum Gasteiger partial charge on any atom is -0.367 e. The summed E-state index contributed by atoms with van der Waals surface area (Å²) in [7, 11) is -2.04. The Morgan fingerprint density at radius 2 is 1.84 bits per heavy atom. The third-order valence-electron chi connectivity index (χ3n) is 5.77. The number of carbonyl (C=O) groups is 1. The Bertz CT molecular complexity index is 1060. The van der Waals surface area contributed by atoms with Crippen LogP contribution in [0, 0.1) is 13.8 Å². The topological polar surface area (TPSA) is 81.8 Å². The van der Waals surface area contributed by atoms with Crippen molar-refractivity contribution in [3.63, 3.8) is 0 Å². The number of hydrogen-bond donors (Lipinski definition) is 2.